The number of rotatable bonds is 3. The second-order valence-electron chi connectivity index (χ2n) is 3.79. The molecule has 0 aliphatic heterocycles. The third-order valence-electron chi connectivity index (χ3n) is 2.45. The zero-order chi connectivity index (χ0) is 14.0. The lowest BCUT2D eigenvalue weighted by atomic mass is 10.0. The molecule has 0 fully saturated rings. The van der Waals surface area contributed by atoms with E-state index >= 15 is 0 Å². The lowest BCUT2D eigenvalue weighted by Crippen LogP contribution is -1.89. The van der Waals surface area contributed by atoms with E-state index < -0.39 is 0 Å². The lowest BCUT2D eigenvalue weighted by molar-refractivity contribution is -0.120. The molecule has 2 rings (SSSR count). The Bertz CT molecular complexity index is 592. The van der Waals surface area contributed by atoms with Gasteiger partial charge in [-0.15, -0.1) is 0 Å². The van der Waals surface area contributed by atoms with Gasteiger partial charge in [0.25, 0.3) is 6.47 Å². The third kappa shape index (κ3) is 2.52. The van der Waals surface area contributed by atoms with Gasteiger partial charge in [0.05, 0.1) is 5.56 Å². The smallest absolute Gasteiger partial charge is 0.298 e. The summed E-state index contributed by atoms with van der Waals surface area (Å²) < 4.78 is 4.51. The van der Waals surface area contributed by atoms with Crippen LogP contribution in [-0.4, -0.2) is 26.9 Å². The molecule has 0 aliphatic rings. The average molecular weight is 262 g/mol. The fourth-order valence-corrected chi connectivity index (χ4v) is 1.75. The van der Waals surface area contributed by atoms with E-state index in [0.717, 1.165) is 18.2 Å². The zero-order valence-corrected chi connectivity index (χ0v) is 9.57. The number of carbonyl (C=O) groups is 1. The summed E-state index contributed by atoms with van der Waals surface area (Å²) >= 11 is 0. The fourth-order valence-electron chi connectivity index (χ4n) is 1.75. The van der Waals surface area contributed by atoms with E-state index in [0.29, 0.717) is 0 Å². The first kappa shape index (κ1) is 12.6. The quantitative estimate of drug-likeness (QED) is 0.627. The molecule has 0 bridgehead atoms. The van der Waals surface area contributed by atoms with Crippen molar-refractivity contribution >= 4 is 6.47 Å². The Morgan fingerprint density at radius 1 is 0.842 bits per heavy atom. The van der Waals surface area contributed by atoms with Gasteiger partial charge in [0, 0.05) is 18.2 Å². The van der Waals surface area contributed by atoms with Crippen LogP contribution in [0, 0.1) is 0 Å². The molecular weight excluding hydrogens is 252 g/mol. The lowest BCUT2D eigenvalue weighted by Gasteiger charge is -2.10. The Kier molecular flexibility index (Phi) is 3.15. The standard InChI is InChI=1S/C13H10O6/c14-6-19-10-4-11(17)13(12(18)5-10)7-1-8(15)3-9(16)2-7/h1-6,15-18H. The van der Waals surface area contributed by atoms with E-state index in [1.54, 1.807) is 0 Å². The fraction of sp³-hybridized carbons (Fsp3) is 0. The first-order valence-corrected chi connectivity index (χ1v) is 5.21. The number of hydrogen-bond acceptors (Lipinski definition) is 6. The van der Waals surface area contributed by atoms with Crippen molar-refractivity contribution < 1.29 is 30.0 Å². The van der Waals surface area contributed by atoms with E-state index in [1.807, 2.05) is 0 Å². The number of aromatic hydroxyl groups is 4. The van der Waals surface area contributed by atoms with Crippen molar-refractivity contribution in [3.8, 4) is 39.9 Å². The minimum absolute atomic E-state index is 0.00412. The molecule has 0 aromatic heterocycles. The van der Waals surface area contributed by atoms with Crippen LogP contribution in [0.15, 0.2) is 30.3 Å². The second-order valence-corrected chi connectivity index (χ2v) is 3.79. The van der Waals surface area contributed by atoms with E-state index in [4.69, 9.17) is 0 Å². The number of phenolic OH excluding ortho intramolecular Hbond substituents is 4. The molecule has 6 nitrogen and oxygen atoms in total. The van der Waals surface area contributed by atoms with Gasteiger partial charge >= 0.3 is 0 Å². The summed E-state index contributed by atoms with van der Waals surface area (Å²) in [5.74, 6) is -1.19. The Morgan fingerprint density at radius 3 is 1.84 bits per heavy atom. The Labute approximate surface area is 107 Å². The third-order valence-corrected chi connectivity index (χ3v) is 2.45. The van der Waals surface area contributed by atoms with Crippen LogP contribution in [-0.2, 0) is 4.79 Å². The molecule has 0 heterocycles. The Balaban J connectivity index is 2.58. The molecule has 98 valence electrons. The normalized spacial score (nSPS) is 10.1. The minimum Gasteiger partial charge on any atom is -0.508 e. The highest BCUT2D eigenvalue weighted by Crippen LogP contribution is 2.42. The van der Waals surface area contributed by atoms with Gasteiger partial charge in [0.15, 0.2) is 0 Å². The molecule has 0 amide bonds. The maximum Gasteiger partial charge on any atom is 0.298 e. The maximum atomic E-state index is 10.2. The van der Waals surface area contributed by atoms with Crippen molar-refractivity contribution in [2.45, 2.75) is 0 Å². The van der Waals surface area contributed by atoms with Crippen LogP contribution < -0.4 is 4.74 Å². The van der Waals surface area contributed by atoms with Gasteiger partial charge in [0.2, 0.25) is 0 Å². The average Bonchev–Trinajstić information content (AvgIpc) is 2.26. The SMILES string of the molecule is O=COc1cc(O)c(-c2cc(O)cc(O)c2)c(O)c1. The molecule has 2 aromatic rings. The van der Waals surface area contributed by atoms with Gasteiger partial charge in [-0.1, -0.05) is 0 Å². The molecule has 4 N–H and O–H groups in total. The summed E-state index contributed by atoms with van der Waals surface area (Å²) in [5, 5.41) is 38.4. The van der Waals surface area contributed by atoms with Gasteiger partial charge < -0.3 is 25.2 Å². The molecular formula is C13H10O6. The molecule has 0 radical (unpaired) electrons. The molecule has 6 heteroatoms. The van der Waals surface area contributed by atoms with Crippen LogP contribution in [0.3, 0.4) is 0 Å². The monoisotopic (exact) mass is 262 g/mol. The van der Waals surface area contributed by atoms with Crippen molar-refractivity contribution in [3.05, 3.63) is 30.3 Å². The second kappa shape index (κ2) is 4.77. The molecule has 0 spiro atoms. The van der Waals surface area contributed by atoms with Crippen molar-refractivity contribution in [1.82, 2.24) is 0 Å². The first-order chi connectivity index (χ1) is 9.01. The van der Waals surface area contributed by atoms with Crippen LogP contribution in [0.5, 0.6) is 28.7 Å². The highest BCUT2D eigenvalue weighted by Gasteiger charge is 2.14. The van der Waals surface area contributed by atoms with E-state index in [9.17, 15) is 25.2 Å². The minimum atomic E-state index is -0.359. The largest absolute Gasteiger partial charge is 0.508 e. The van der Waals surface area contributed by atoms with E-state index in [-0.39, 0.29) is 46.3 Å². The van der Waals surface area contributed by atoms with Crippen LogP contribution in [0.25, 0.3) is 11.1 Å². The van der Waals surface area contributed by atoms with Gasteiger partial charge in [-0.05, 0) is 17.7 Å². The van der Waals surface area contributed by atoms with E-state index in [1.165, 1.54) is 12.1 Å². The number of ether oxygens (including phenoxy) is 1. The summed E-state index contributed by atoms with van der Waals surface area (Å²) in [6.07, 6.45) is 0. The van der Waals surface area contributed by atoms with Gasteiger partial charge in [-0.25, -0.2) is 0 Å². The van der Waals surface area contributed by atoms with Crippen molar-refractivity contribution in [2.24, 2.45) is 0 Å². The maximum absolute atomic E-state index is 10.2. The summed E-state index contributed by atoms with van der Waals surface area (Å²) in [6, 6.07) is 5.89. The van der Waals surface area contributed by atoms with Crippen molar-refractivity contribution in [3.63, 3.8) is 0 Å². The summed E-state index contributed by atoms with van der Waals surface area (Å²) in [7, 11) is 0. The summed E-state index contributed by atoms with van der Waals surface area (Å²) in [6.45, 7) is 0.161. The van der Waals surface area contributed by atoms with E-state index in [2.05, 4.69) is 4.74 Å². The highest BCUT2D eigenvalue weighted by molar-refractivity contribution is 5.79. The predicted octanol–water partition coefficient (Wildman–Crippen LogP) is 1.71. The molecule has 2 aromatic carbocycles. The van der Waals surface area contributed by atoms with Crippen LogP contribution in [0.4, 0.5) is 0 Å². The van der Waals surface area contributed by atoms with Crippen molar-refractivity contribution in [1.29, 1.82) is 0 Å². The highest BCUT2D eigenvalue weighted by atomic mass is 16.5. The van der Waals surface area contributed by atoms with Gasteiger partial charge in [0.1, 0.15) is 28.7 Å². The van der Waals surface area contributed by atoms with Crippen LogP contribution in [0.1, 0.15) is 0 Å². The van der Waals surface area contributed by atoms with Crippen molar-refractivity contribution in [2.75, 3.05) is 0 Å². The Morgan fingerprint density at radius 2 is 1.37 bits per heavy atom. The van der Waals surface area contributed by atoms with Gasteiger partial charge in [-0.2, -0.15) is 0 Å². The van der Waals surface area contributed by atoms with Crippen LogP contribution in [0.2, 0.25) is 0 Å². The first-order valence-electron chi connectivity index (χ1n) is 5.21. The number of benzene rings is 2. The number of phenols is 4. The number of hydrogen-bond donors (Lipinski definition) is 4. The Hall–Kier alpha value is -2.89. The molecule has 0 saturated carbocycles. The molecule has 0 saturated heterocycles. The number of carbonyl (C=O) groups excluding carboxylic acids is 1. The molecule has 0 aliphatic carbocycles. The van der Waals surface area contributed by atoms with Gasteiger partial charge in [-0.3, -0.25) is 4.79 Å². The zero-order valence-electron chi connectivity index (χ0n) is 9.57. The molecule has 19 heavy (non-hydrogen) atoms. The summed E-state index contributed by atoms with van der Waals surface area (Å²) in [5.41, 5.74) is 0.217. The molecule has 0 atom stereocenters. The molecule has 0 unspecified atom stereocenters. The predicted molar refractivity (Wildman–Crippen MR) is 65.2 cm³/mol. The summed E-state index contributed by atoms with van der Waals surface area (Å²) in [4.78, 5) is 10.2. The topological polar surface area (TPSA) is 107 Å². The van der Waals surface area contributed by atoms with Crippen LogP contribution >= 0.6 is 0 Å².